The Morgan fingerprint density at radius 2 is 2.22 bits per heavy atom. The van der Waals surface area contributed by atoms with E-state index >= 15 is 0 Å². The summed E-state index contributed by atoms with van der Waals surface area (Å²) < 4.78 is 13.3. The Hall–Kier alpha value is -1.45. The highest BCUT2D eigenvalue weighted by molar-refractivity contribution is 6.30. The van der Waals surface area contributed by atoms with E-state index in [1.807, 2.05) is 31.3 Å². The maximum Gasteiger partial charge on any atom is 0.142 e. The third-order valence-electron chi connectivity index (χ3n) is 2.78. The van der Waals surface area contributed by atoms with E-state index in [-0.39, 0.29) is 16.9 Å². The van der Waals surface area contributed by atoms with Crippen LogP contribution in [0.2, 0.25) is 5.02 Å². The van der Waals surface area contributed by atoms with Crippen LogP contribution in [0.1, 0.15) is 24.1 Å². The number of nitrogens with one attached hydrogen (secondary N) is 1. The number of aromatic nitrogens is 1. The van der Waals surface area contributed by atoms with Crippen molar-refractivity contribution in [2.24, 2.45) is 0 Å². The molecule has 0 aliphatic rings. The number of pyridine rings is 1. The van der Waals surface area contributed by atoms with Gasteiger partial charge in [-0.15, -0.1) is 0 Å². The van der Waals surface area contributed by atoms with Gasteiger partial charge in [0.1, 0.15) is 5.82 Å². The van der Waals surface area contributed by atoms with E-state index in [0.717, 1.165) is 11.1 Å². The molecular formula is C14H14ClFN2. The van der Waals surface area contributed by atoms with Gasteiger partial charge >= 0.3 is 0 Å². The fourth-order valence-electron chi connectivity index (χ4n) is 1.67. The molecule has 1 atom stereocenters. The van der Waals surface area contributed by atoms with Gasteiger partial charge in [-0.2, -0.15) is 0 Å². The maximum atomic E-state index is 13.3. The van der Waals surface area contributed by atoms with Crippen molar-refractivity contribution >= 4 is 11.6 Å². The number of hydrogen-bond acceptors (Lipinski definition) is 2. The third-order valence-corrected chi connectivity index (χ3v) is 3.09. The van der Waals surface area contributed by atoms with Gasteiger partial charge in [0, 0.05) is 25.0 Å². The van der Waals surface area contributed by atoms with E-state index in [1.165, 1.54) is 6.07 Å². The van der Waals surface area contributed by atoms with Crippen LogP contribution in [0.5, 0.6) is 0 Å². The molecule has 0 amide bonds. The molecule has 1 N–H and O–H groups in total. The highest BCUT2D eigenvalue weighted by atomic mass is 35.5. The van der Waals surface area contributed by atoms with Crippen LogP contribution in [0.3, 0.4) is 0 Å². The summed E-state index contributed by atoms with van der Waals surface area (Å²) in [5.74, 6) is -0.385. The molecule has 1 heterocycles. The van der Waals surface area contributed by atoms with Crippen molar-refractivity contribution in [3.63, 3.8) is 0 Å². The normalized spacial score (nSPS) is 12.4. The fourth-order valence-corrected chi connectivity index (χ4v) is 1.79. The molecule has 0 spiro atoms. The summed E-state index contributed by atoms with van der Waals surface area (Å²) in [6.45, 7) is 2.68. The maximum absolute atomic E-state index is 13.3. The van der Waals surface area contributed by atoms with Gasteiger partial charge < -0.3 is 5.32 Å². The summed E-state index contributed by atoms with van der Waals surface area (Å²) in [4.78, 5) is 4.04. The number of halogens is 2. The van der Waals surface area contributed by atoms with E-state index in [9.17, 15) is 4.39 Å². The first-order chi connectivity index (χ1) is 8.66. The van der Waals surface area contributed by atoms with E-state index in [4.69, 9.17) is 11.6 Å². The van der Waals surface area contributed by atoms with Gasteiger partial charge in [0.25, 0.3) is 0 Å². The largest absolute Gasteiger partial charge is 0.306 e. The Bertz CT molecular complexity index is 516. The van der Waals surface area contributed by atoms with Crippen molar-refractivity contribution in [2.45, 2.75) is 19.5 Å². The molecule has 0 aliphatic carbocycles. The zero-order valence-electron chi connectivity index (χ0n) is 10.0. The standard InChI is InChI=1S/C14H14ClFN2/c1-10(12-4-5-13(15)14(16)7-12)18-9-11-3-2-6-17-8-11/h2-8,10,18H,9H2,1H3. The summed E-state index contributed by atoms with van der Waals surface area (Å²) in [6.07, 6.45) is 3.55. The summed E-state index contributed by atoms with van der Waals surface area (Å²) in [6, 6.07) is 8.81. The Balaban J connectivity index is 1.99. The Labute approximate surface area is 111 Å². The molecule has 2 nitrogen and oxygen atoms in total. The second-order valence-corrected chi connectivity index (χ2v) is 4.54. The van der Waals surface area contributed by atoms with Crippen molar-refractivity contribution in [3.05, 3.63) is 64.7 Å². The molecule has 2 aromatic rings. The highest BCUT2D eigenvalue weighted by Gasteiger charge is 2.07. The highest BCUT2D eigenvalue weighted by Crippen LogP contribution is 2.20. The molecule has 1 aromatic heterocycles. The lowest BCUT2D eigenvalue weighted by molar-refractivity contribution is 0.564. The number of rotatable bonds is 4. The predicted octanol–water partition coefficient (Wildman–Crippen LogP) is 3.72. The average Bonchev–Trinajstić information content (AvgIpc) is 2.40. The van der Waals surface area contributed by atoms with Crippen LogP contribution in [-0.2, 0) is 6.54 Å². The lowest BCUT2D eigenvalue weighted by Gasteiger charge is -2.14. The molecule has 0 saturated heterocycles. The van der Waals surface area contributed by atoms with Crippen LogP contribution in [0.4, 0.5) is 4.39 Å². The molecule has 0 radical (unpaired) electrons. The Morgan fingerprint density at radius 3 is 2.89 bits per heavy atom. The average molecular weight is 265 g/mol. The van der Waals surface area contributed by atoms with Gasteiger partial charge in [-0.05, 0) is 36.2 Å². The molecule has 1 aromatic carbocycles. The second kappa shape index (κ2) is 5.94. The molecule has 0 fully saturated rings. The molecule has 94 valence electrons. The predicted molar refractivity (Wildman–Crippen MR) is 70.9 cm³/mol. The molecular weight excluding hydrogens is 251 g/mol. The van der Waals surface area contributed by atoms with Crippen LogP contribution in [0.15, 0.2) is 42.7 Å². The molecule has 0 saturated carbocycles. The third kappa shape index (κ3) is 3.28. The summed E-state index contributed by atoms with van der Waals surface area (Å²) in [5.41, 5.74) is 1.97. The van der Waals surface area contributed by atoms with Crippen LogP contribution in [-0.4, -0.2) is 4.98 Å². The minimum Gasteiger partial charge on any atom is -0.306 e. The molecule has 0 aliphatic heterocycles. The summed E-state index contributed by atoms with van der Waals surface area (Å²) in [5, 5.41) is 3.46. The van der Waals surface area contributed by atoms with Crippen molar-refractivity contribution in [3.8, 4) is 0 Å². The Kier molecular flexibility index (Phi) is 4.28. The van der Waals surface area contributed by atoms with Gasteiger partial charge in [0.2, 0.25) is 0 Å². The van der Waals surface area contributed by atoms with Gasteiger partial charge in [0.05, 0.1) is 5.02 Å². The van der Waals surface area contributed by atoms with Crippen molar-refractivity contribution in [1.29, 1.82) is 0 Å². The minimum atomic E-state index is -0.385. The van der Waals surface area contributed by atoms with Gasteiger partial charge in [-0.25, -0.2) is 4.39 Å². The van der Waals surface area contributed by atoms with Crippen molar-refractivity contribution in [2.75, 3.05) is 0 Å². The lowest BCUT2D eigenvalue weighted by Crippen LogP contribution is -2.18. The van der Waals surface area contributed by atoms with Crippen LogP contribution in [0, 0.1) is 5.82 Å². The van der Waals surface area contributed by atoms with Crippen LogP contribution < -0.4 is 5.32 Å². The molecule has 2 rings (SSSR count). The number of benzene rings is 1. The summed E-state index contributed by atoms with van der Waals surface area (Å²) in [7, 11) is 0. The SMILES string of the molecule is CC(NCc1cccnc1)c1ccc(Cl)c(F)c1. The molecule has 4 heteroatoms. The smallest absolute Gasteiger partial charge is 0.142 e. The van der Waals surface area contributed by atoms with E-state index in [0.29, 0.717) is 6.54 Å². The molecule has 1 unspecified atom stereocenters. The Morgan fingerprint density at radius 1 is 1.39 bits per heavy atom. The topological polar surface area (TPSA) is 24.9 Å². The van der Waals surface area contributed by atoms with E-state index in [1.54, 1.807) is 12.3 Å². The monoisotopic (exact) mass is 264 g/mol. The van der Waals surface area contributed by atoms with E-state index < -0.39 is 0 Å². The zero-order chi connectivity index (χ0) is 13.0. The first-order valence-corrected chi connectivity index (χ1v) is 6.12. The zero-order valence-corrected chi connectivity index (χ0v) is 10.8. The van der Waals surface area contributed by atoms with Crippen LogP contribution >= 0.6 is 11.6 Å². The van der Waals surface area contributed by atoms with E-state index in [2.05, 4.69) is 10.3 Å². The van der Waals surface area contributed by atoms with Gasteiger partial charge in [-0.1, -0.05) is 23.7 Å². The first-order valence-electron chi connectivity index (χ1n) is 5.74. The molecule has 18 heavy (non-hydrogen) atoms. The van der Waals surface area contributed by atoms with Crippen LogP contribution in [0.25, 0.3) is 0 Å². The lowest BCUT2D eigenvalue weighted by atomic mass is 10.1. The summed E-state index contributed by atoms with van der Waals surface area (Å²) >= 11 is 5.65. The van der Waals surface area contributed by atoms with Gasteiger partial charge in [-0.3, -0.25) is 4.98 Å². The van der Waals surface area contributed by atoms with Crippen molar-refractivity contribution in [1.82, 2.24) is 10.3 Å². The number of hydrogen-bond donors (Lipinski definition) is 1. The van der Waals surface area contributed by atoms with Crippen molar-refractivity contribution < 1.29 is 4.39 Å². The second-order valence-electron chi connectivity index (χ2n) is 4.14. The fraction of sp³-hybridized carbons (Fsp3) is 0.214. The number of nitrogens with zero attached hydrogens (tertiary/aromatic N) is 1. The molecule has 0 bridgehead atoms. The quantitative estimate of drug-likeness (QED) is 0.910. The van der Waals surface area contributed by atoms with Gasteiger partial charge in [0.15, 0.2) is 0 Å². The minimum absolute atomic E-state index is 0.0528. The first kappa shape index (κ1) is 13.0.